The molecule has 0 radical (unpaired) electrons. The number of hydrogen-bond acceptors (Lipinski definition) is 5. The predicted octanol–water partition coefficient (Wildman–Crippen LogP) is 2.14. The Bertz CT molecular complexity index is 1180. The smallest absolute Gasteiger partial charge is 0.273 e. The van der Waals surface area contributed by atoms with E-state index in [0.29, 0.717) is 20.6 Å². The number of nitriles is 2. The number of thiazole rings is 1. The number of benzene rings is 1. The second-order valence-corrected chi connectivity index (χ2v) is 6.49. The molecule has 0 amide bonds. The Labute approximate surface area is 147 Å². The first kappa shape index (κ1) is 16.5. The molecule has 0 spiro atoms. The van der Waals surface area contributed by atoms with E-state index in [1.54, 1.807) is 18.2 Å². The lowest BCUT2D eigenvalue weighted by Gasteiger charge is -2.07. The molecule has 0 atom stereocenters. The minimum Gasteiger partial charge on any atom is -0.465 e. The topological polar surface area (TPSA) is 82.7 Å². The van der Waals surface area contributed by atoms with Crippen molar-refractivity contribution in [1.29, 1.82) is 10.5 Å². The zero-order valence-electron chi connectivity index (χ0n) is 13.6. The molecule has 0 aliphatic rings. The number of hydrogen-bond donors (Lipinski definition) is 0. The zero-order valence-corrected chi connectivity index (χ0v) is 14.4. The van der Waals surface area contributed by atoms with E-state index in [9.17, 15) is 15.3 Å². The third kappa shape index (κ3) is 3.03. The van der Waals surface area contributed by atoms with E-state index in [2.05, 4.69) is 0 Å². The van der Waals surface area contributed by atoms with Crippen LogP contribution in [0.3, 0.4) is 0 Å². The van der Waals surface area contributed by atoms with Crippen LogP contribution in [0.2, 0.25) is 0 Å². The first-order valence-electron chi connectivity index (χ1n) is 7.44. The van der Waals surface area contributed by atoms with Crippen LogP contribution in [-0.4, -0.2) is 4.57 Å². The van der Waals surface area contributed by atoms with E-state index in [-0.39, 0.29) is 11.1 Å². The van der Waals surface area contributed by atoms with Crippen molar-refractivity contribution in [2.75, 3.05) is 0 Å². The van der Waals surface area contributed by atoms with Gasteiger partial charge in [0.2, 0.25) is 0 Å². The monoisotopic (exact) mass is 347 g/mol. The fraction of sp³-hybridized carbons (Fsp3) is 0.105. The SMILES string of the molecule is Cc1ccc(C)c(-n2c(=C(C#N)C#N)s/c(=C/c3ccco3)c2=O)c1. The molecule has 0 bridgehead atoms. The summed E-state index contributed by atoms with van der Waals surface area (Å²) in [5, 5.41) is 18.6. The quantitative estimate of drug-likeness (QED) is 0.711. The molecule has 25 heavy (non-hydrogen) atoms. The molecular formula is C19H13N3O2S. The van der Waals surface area contributed by atoms with E-state index < -0.39 is 0 Å². The van der Waals surface area contributed by atoms with Crippen LogP contribution in [0.15, 0.2) is 45.8 Å². The Balaban J connectivity index is 2.47. The fourth-order valence-electron chi connectivity index (χ4n) is 2.45. The van der Waals surface area contributed by atoms with Gasteiger partial charge in [0.25, 0.3) is 5.56 Å². The molecular weight excluding hydrogens is 334 g/mol. The number of nitrogens with zero attached hydrogens (tertiary/aromatic N) is 3. The van der Waals surface area contributed by atoms with Crippen LogP contribution in [0.1, 0.15) is 16.9 Å². The maximum atomic E-state index is 13.0. The van der Waals surface area contributed by atoms with Gasteiger partial charge < -0.3 is 4.42 Å². The summed E-state index contributed by atoms with van der Waals surface area (Å²) < 4.78 is 7.42. The summed E-state index contributed by atoms with van der Waals surface area (Å²) in [5.41, 5.74) is 2.15. The highest BCUT2D eigenvalue weighted by Crippen LogP contribution is 2.13. The second kappa shape index (κ2) is 6.64. The first-order chi connectivity index (χ1) is 12.0. The van der Waals surface area contributed by atoms with Crippen molar-refractivity contribution in [2.45, 2.75) is 13.8 Å². The maximum Gasteiger partial charge on any atom is 0.273 e. The molecule has 0 fully saturated rings. The Morgan fingerprint density at radius 1 is 1.24 bits per heavy atom. The third-order valence-corrected chi connectivity index (χ3v) is 4.78. The van der Waals surface area contributed by atoms with Crippen LogP contribution in [0.5, 0.6) is 0 Å². The highest BCUT2D eigenvalue weighted by molar-refractivity contribution is 7.07. The number of aryl methyl sites for hydroxylation is 2. The van der Waals surface area contributed by atoms with Crippen LogP contribution < -0.4 is 14.8 Å². The molecule has 0 unspecified atom stereocenters. The highest BCUT2D eigenvalue weighted by Gasteiger charge is 2.13. The average molecular weight is 347 g/mol. The molecule has 6 heteroatoms. The van der Waals surface area contributed by atoms with E-state index in [4.69, 9.17) is 4.42 Å². The van der Waals surface area contributed by atoms with Gasteiger partial charge in [-0.3, -0.25) is 9.36 Å². The minimum absolute atomic E-state index is 0.0953. The molecule has 3 aromatic rings. The van der Waals surface area contributed by atoms with Gasteiger partial charge in [0.15, 0.2) is 5.57 Å². The lowest BCUT2D eigenvalue weighted by molar-refractivity contribution is 0.556. The number of furan rings is 1. The number of aromatic nitrogens is 1. The molecule has 2 heterocycles. The highest BCUT2D eigenvalue weighted by atomic mass is 32.1. The van der Waals surface area contributed by atoms with Gasteiger partial charge >= 0.3 is 0 Å². The van der Waals surface area contributed by atoms with Crippen LogP contribution >= 0.6 is 11.3 Å². The van der Waals surface area contributed by atoms with Crippen LogP contribution in [0.25, 0.3) is 17.3 Å². The standard InChI is InChI=1S/C19H13N3O2S/c1-12-5-6-13(2)16(8-12)22-18(23)17(9-15-4-3-7-24-15)25-19(22)14(10-20)11-21/h3-9H,1-2H3/b17-9+. The molecule has 0 aliphatic heterocycles. The third-order valence-electron chi connectivity index (χ3n) is 3.68. The number of rotatable bonds is 2. The largest absolute Gasteiger partial charge is 0.465 e. The summed E-state index contributed by atoms with van der Waals surface area (Å²) in [6.45, 7) is 3.81. The van der Waals surface area contributed by atoms with E-state index in [1.807, 2.05) is 44.2 Å². The summed E-state index contributed by atoms with van der Waals surface area (Å²) >= 11 is 1.10. The van der Waals surface area contributed by atoms with Gasteiger partial charge in [-0.15, -0.1) is 11.3 Å². The lowest BCUT2D eigenvalue weighted by atomic mass is 10.1. The van der Waals surface area contributed by atoms with Crippen molar-refractivity contribution >= 4 is 23.0 Å². The molecule has 1 aromatic carbocycles. The predicted molar refractivity (Wildman–Crippen MR) is 95.5 cm³/mol. The van der Waals surface area contributed by atoms with Crippen molar-refractivity contribution < 1.29 is 4.42 Å². The van der Waals surface area contributed by atoms with Gasteiger partial charge in [-0.05, 0) is 43.2 Å². The van der Waals surface area contributed by atoms with E-state index in [1.165, 1.54) is 10.8 Å². The van der Waals surface area contributed by atoms with Crippen LogP contribution in [-0.2, 0) is 0 Å². The molecule has 5 nitrogen and oxygen atoms in total. The van der Waals surface area contributed by atoms with Crippen LogP contribution in [0, 0.1) is 36.5 Å². The molecule has 0 aliphatic carbocycles. The van der Waals surface area contributed by atoms with Crippen molar-refractivity contribution in [1.82, 2.24) is 4.57 Å². The second-order valence-electron chi connectivity index (χ2n) is 5.46. The molecule has 122 valence electrons. The van der Waals surface area contributed by atoms with Gasteiger partial charge in [-0.25, -0.2) is 0 Å². The van der Waals surface area contributed by atoms with E-state index >= 15 is 0 Å². The van der Waals surface area contributed by atoms with Gasteiger partial charge in [0.05, 0.1) is 16.5 Å². The van der Waals surface area contributed by atoms with Crippen molar-refractivity contribution in [3.05, 3.63) is 73.0 Å². The summed E-state index contributed by atoms with van der Waals surface area (Å²) in [6, 6.07) is 13.0. The zero-order chi connectivity index (χ0) is 18.0. The van der Waals surface area contributed by atoms with Gasteiger partial charge in [0.1, 0.15) is 22.6 Å². The van der Waals surface area contributed by atoms with Gasteiger partial charge in [-0.2, -0.15) is 10.5 Å². The Morgan fingerprint density at radius 3 is 2.64 bits per heavy atom. The summed E-state index contributed by atoms with van der Waals surface area (Å²) in [6.07, 6.45) is 3.14. The minimum atomic E-state index is -0.284. The van der Waals surface area contributed by atoms with Crippen LogP contribution in [0.4, 0.5) is 0 Å². The Morgan fingerprint density at radius 2 is 2.00 bits per heavy atom. The Hall–Kier alpha value is -3.35. The maximum absolute atomic E-state index is 13.0. The lowest BCUT2D eigenvalue weighted by Crippen LogP contribution is -2.31. The van der Waals surface area contributed by atoms with Crippen molar-refractivity contribution in [3.8, 4) is 17.8 Å². The first-order valence-corrected chi connectivity index (χ1v) is 8.26. The molecule has 2 aromatic heterocycles. The van der Waals surface area contributed by atoms with E-state index in [0.717, 1.165) is 22.5 Å². The molecule has 3 rings (SSSR count). The van der Waals surface area contributed by atoms with Crippen molar-refractivity contribution in [3.63, 3.8) is 0 Å². The fourth-order valence-corrected chi connectivity index (χ4v) is 3.48. The normalized spacial score (nSPS) is 11.1. The molecule has 0 saturated heterocycles. The summed E-state index contributed by atoms with van der Waals surface area (Å²) in [7, 11) is 0. The summed E-state index contributed by atoms with van der Waals surface area (Å²) in [5.74, 6) is 0.536. The van der Waals surface area contributed by atoms with Gasteiger partial charge in [0, 0.05) is 6.08 Å². The summed E-state index contributed by atoms with van der Waals surface area (Å²) in [4.78, 5) is 13.0. The molecule has 0 N–H and O–H groups in total. The Kier molecular flexibility index (Phi) is 4.38. The molecule has 0 saturated carbocycles. The van der Waals surface area contributed by atoms with Crippen molar-refractivity contribution in [2.24, 2.45) is 0 Å². The average Bonchev–Trinajstić information content (AvgIpc) is 3.21. The van der Waals surface area contributed by atoms with Gasteiger partial charge in [-0.1, -0.05) is 12.1 Å².